The topological polar surface area (TPSA) is 299 Å². The number of carbonyl (C=O) groups excluding carboxylic acids is 8. The van der Waals surface area contributed by atoms with E-state index < -0.39 is 117 Å². The summed E-state index contributed by atoms with van der Waals surface area (Å²) in [7, 11) is 0. The minimum absolute atomic E-state index is 0. The molecule has 0 saturated heterocycles. The average Bonchev–Trinajstić information content (AvgIpc) is 1.61. The number of amides is 8. The van der Waals surface area contributed by atoms with Crippen LogP contribution in [0.5, 0.6) is 0 Å². The Hall–Kier alpha value is -2.79. The normalized spacial score (nSPS) is 15.5. The minimum Gasteiger partial charge on any atom is -0.480 e. The molecular weight excluding hydrogens is 1760 g/mol. The van der Waals surface area contributed by atoms with Crippen LogP contribution in [0.4, 0.5) is 0 Å². The van der Waals surface area contributed by atoms with Gasteiger partial charge in [-0.25, -0.2) is 19.2 Å². The third-order valence-electron chi connectivity index (χ3n) is 13.8. The Bertz CT molecular complexity index is 3350. The van der Waals surface area contributed by atoms with Gasteiger partial charge in [-0.05, 0) is 21.7 Å². The van der Waals surface area contributed by atoms with Crippen molar-refractivity contribution >= 4 is 257 Å². The molecule has 0 saturated carbocycles. The summed E-state index contributed by atoms with van der Waals surface area (Å²) in [4.78, 5) is 150. The quantitative estimate of drug-likeness (QED) is 0.0551. The molecule has 4 aromatic rings. The zero-order valence-corrected chi connectivity index (χ0v) is 64.9. The van der Waals surface area contributed by atoms with Crippen molar-refractivity contribution in [2.75, 3.05) is 0 Å². The molecule has 94 heavy (non-hydrogen) atoms. The number of hydrogen-bond acceptors (Lipinski definition) is 12. The number of nitrogens with zero attached hydrogens (tertiary/aromatic N) is 4. The zero-order chi connectivity index (χ0) is 71.4. The van der Waals surface area contributed by atoms with Gasteiger partial charge in [0.05, 0.1) is 125 Å². The fraction of sp³-hybridized carbons (Fsp3) is 0.357. The molecule has 0 fully saturated rings. The van der Waals surface area contributed by atoms with Gasteiger partial charge < -0.3 is 20.4 Å². The molecule has 0 bridgehead atoms. The second kappa shape index (κ2) is 30.6. The molecule has 8 amide bonds. The maximum absolute atomic E-state index is 12.6. The molecule has 0 spiro atoms. The van der Waals surface area contributed by atoms with E-state index in [-0.39, 0.29) is 164 Å². The first-order valence-corrected chi connectivity index (χ1v) is 31.5. The van der Waals surface area contributed by atoms with Gasteiger partial charge in [0.15, 0.2) is 0 Å². The first kappa shape index (κ1) is 85.4. The number of carboxylic acid groups (broad SMARTS) is 4. The Balaban J connectivity index is 0.000000325. The van der Waals surface area contributed by atoms with Crippen LogP contribution in [-0.2, 0) is 58.1 Å². The molecular formula is C56H44Cl16N4O16Rh2. The molecule has 0 aromatic heterocycles. The van der Waals surface area contributed by atoms with Crippen molar-refractivity contribution in [1.29, 1.82) is 0 Å². The van der Waals surface area contributed by atoms with Crippen LogP contribution in [0.25, 0.3) is 0 Å². The number of benzene rings is 4. The Labute approximate surface area is 640 Å². The first-order valence-electron chi connectivity index (χ1n) is 25.5. The van der Waals surface area contributed by atoms with Gasteiger partial charge in [-0.15, -0.1) is 0 Å². The van der Waals surface area contributed by atoms with Crippen LogP contribution in [0.2, 0.25) is 80.4 Å². The fourth-order valence-electron chi connectivity index (χ4n) is 9.88. The van der Waals surface area contributed by atoms with E-state index in [1.165, 1.54) is 0 Å². The van der Waals surface area contributed by atoms with Gasteiger partial charge in [0.2, 0.25) is 0 Å². The van der Waals surface area contributed by atoms with Gasteiger partial charge in [0.25, 0.3) is 47.3 Å². The van der Waals surface area contributed by atoms with Crippen LogP contribution < -0.4 is 0 Å². The number of carboxylic acids is 4. The summed E-state index contributed by atoms with van der Waals surface area (Å²) in [6.07, 6.45) is 0. The molecule has 8 rings (SSSR count). The molecule has 0 unspecified atom stereocenters. The molecule has 4 N–H and O–H groups in total. The summed E-state index contributed by atoms with van der Waals surface area (Å²) in [6.45, 7) is 19.1. The minimum atomic E-state index is -1.40. The Kier molecular flexibility index (Phi) is 27.8. The van der Waals surface area contributed by atoms with Crippen molar-refractivity contribution in [3.05, 3.63) is 125 Å². The van der Waals surface area contributed by atoms with Crippen LogP contribution in [0, 0.1) is 21.7 Å². The Morgan fingerprint density at radius 1 is 0.234 bits per heavy atom. The smallest absolute Gasteiger partial charge is 0.327 e. The summed E-state index contributed by atoms with van der Waals surface area (Å²) in [6, 6.07) is -5.61. The number of fused-ring (bicyclic) bond motifs is 4. The number of rotatable bonds is 8. The van der Waals surface area contributed by atoms with Crippen LogP contribution in [-0.4, -0.2) is 135 Å². The third kappa shape index (κ3) is 15.3. The summed E-state index contributed by atoms with van der Waals surface area (Å²) in [5.41, 5.74) is -5.48. The van der Waals surface area contributed by atoms with Gasteiger partial charge in [0, 0.05) is 39.0 Å². The van der Waals surface area contributed by atoms with Crippen molar-refractivity contribution < 1.29 is 117 Å². The molecule has 38 heteroatoms. The number of imide groups is 4. The number of halogens is 16. The Morgan fingerprint density at radius 3 is 0.383 bits per heavy atom. The monoisotopic (exact) mass is 1790 g/mol. The van der Waals surface area contributed by atoms with E-state index in [4.69, 9.17) is 186 Å². The summed E-state index contributed by atoms with van der Waals surface area (Å²) < 4.78 is 0. The van der Waals surface area contributed by atoms with E-state index in [0.29, 0.717) is 19.6 Å². The fourth-order valence-corrected chi connectivity index (χ4v) is 13.9. The van der Waals surface area contributed by atoms with E-state index in [9.17, 15) is 78.0 Å². The van der Waals surface area contributed by atoms with E-state index in [0.717, 1.165) is 0 Å². The van der Waals surface area contributed by atoms with Gasteiger partial charge in [-0.1, -0.05) is 269 Å². The van der Waals surface area contributed by atoms with Crippen molar-refractivity contribution in [2.24, 2.45) is 21.7 Å². The maximum Gasteiger partial charge on any atom is 0.327 e. The standard InChI is InChI=1S/4C14H11Cl4NO4.2Rh/c4*1-14(2,3)10(13(22)23)19-11(20)4-5(12(19)21)7(16)9(18)8(17)6(4)15;;/h4*10H,1-3H3,(H,22,23);;/t4*10-;;/m0000../s1. The van der Waals surface area contributed by atoms with E-state index >= 15 is 0 Å². The summed E-state index contributed by atoms with van der Waals surface area (Å²) in [5.74, 6) is -12.2. The molecule has 4 atom stereocenters. The van der Waals surface area contributed by atoms with Crippen LogP contribution in [0.15, 0.2) is 0 Å². The molecule has 20 nitrogen and oxygen atoms in total. The van der Waals surface area contributed by atoms with Gasteiger partial charge in [-0.2, -0.15) is 0 Å². The van der Waals surface area contributed by atoms with Crippen LogP contribution in [0.1, 0.15) is 166 Å². The molecule has 4 aliphatic heterocycles. The number of hydrogen-bond donors (Lipinski definition) is 4. The molecule has 4 heterocycles. The predicted octanol–water partition coefficient (Wildman–Crippen LogP) is 17.6. The molecule has 4 aliphatic rings. The van der Waals surface area contributed by atoms with Gasteiger partial charge in [-0.3, -0.25) is 58.0 Å². The van der Waals surface area contributed by atoms with E-state index in [1.807, 2.05) is 0 Å². The SMILES string of the molecule is CC(C)(C)[C@H](C(=O)O)N1C(=O)c2c(Cl)c(Cl)c(Cl)c(Cl)c2C1=O.CC(C)(C)[C@H](C(=O)O)N1C(=O)c2c(Cl)c(Cl)c(Cl)c(Cl)c2C1=O.CC(C)(C)[C@H](C(=O)O)N1C(=O)c2c(Cl)c(Cl)c(Cl)c(Cl)c2C1=O.CC(C)(C)[C@H](C(=O)O)N1C(=O)c2c(Cl)c(Cl)c(Cl)c(Cl)c2C1=O.[Rh].[Rh]. The molecule has 0 aliphatic carbocycles. The predicted molar refractivity (Wildman–Crippen MR) is 351 cm³/mol. The van der Waals surface area contributed by atoms with Crippen LogP contribution >= 0.6 is 186 Å². The second-order valence-electron chi connectivity index (χ2n) is 24.4. The van der Waals surface area contributed by atoms with Gasteiger partial charge in [0.1, 0.15) is 24.2 Å². The molecule has 4 aromatic carbocycles. The maximum atomic E-state index is 12.6. The van der Waals surface area contributed by atoms with E-state index in [1.54, 1.807) is 83.1 Å². The Morgan fingerprint density at radius 2 is 0.319 bits per heavy atom. The van der Waals surface area contributed by atoms with E-state index in [2.05, 4.69) is 0 Å². The third-order valence-corrected chi connectivity index (χ3v) is 21.0. The molecule has 2 radical (unpaired) electrons. The number of carbonyl (C=O) groups is 12. The second-order valence-corrected chi connectivity index (χ2v) is 30.4. The number of aliphatic carboxylic acids is 4. The van der Waals surface area contributed by atoms with Crippen molar-refractivity contribution in [3.8, 4) is 0 Å². The largest absolute Gasteiger partial charge is 0.480 e. The first-order chi connectivity index (χ1) is 41.6. The van der Waals surface area contributed by atoms with Crippen molar-refractivity contribution in [1.82, 2.24) is 19.6 Å². The van der Waals surface area contributed by atoms with Gasteiger partial charge >= 0.3 is 23.9 Å². The average molecular weight is 1800 g/mol. The van der Waals surface area contributed by atoms with Crippen molar-refractivity contribution in [2.45, 2.75) is 107 Å². The van der Waals surface area contributed by atoms with Crippen molar-refractivity contribution in [3.63, 3.8) is 0 Å². The van der Waals surface area contributed by atoms with Crippen LogP contribution in [0.3, 0.4) is 0 Å². The molecule has 514 valence electrons. The summed E-state index contributed by atoms with van der Waals surface area (Å²) >= 11 is 95.4. The summed E-state index contributed by atoms with van der Waals surface area (Å²) in [5, 5.41) is 34.7. The zero-order valence-electron chi connectivity index (χ0n) is 49.5.